The molecule has 3 heteroatoms. The zero-order valence-corrected chi connectivity index (χ0v) is 11.5. The standard InChI is InChI=1S/C15H26N2O/c1-17(13-6-4-12(16)5-7-13)15(18)14-9-10-2-3-11(14)8-10/h10-14H,2-9,16H2,1H3. The van der Waals surface area contributed by atoms with Gasteiger partial charge in [0, 0.05) is 25.0 Å². The molecule has 3 atom stereocenters. The van der Waals surface area contributed by atoms with Crippen LogP contribution in [-0.2, 0) is 4.79 Å². The van der Waals surface area contributed by atoms with Crippen molar-refractivity contribution in [1.82, 2.24) is 4.90 Å². The maximum atomic E-state index is 12.6. The van der Waals surface area contributed by atoms with Gasteiger partial charge < -0.3 is 10.6 Å². The van der Waals surface area contributed by atoms with E-state index in [0.717, 1.165) is 31.6 Å². The Morgan fingerprint density at radius 2 is 1.78 bits per heavy atom. The van der Waals surface area contributed by atoms with Gasteiger partial charge in [0.2, 0.25) is 5.91 Å². The van der Waals surface area contributed by atoms with E-state index >= 15 is 0 Å². The molecular formula is C15H26N2O. The summed E-state index contributed by atoms with van der Waals surface area (Å²) in [6.07, 6.45) is 9.52. The van der Waals surface area contributed by atoms with Crippen LogP contribution >= 0.6 is 0 Å². The van der Waals surface area contributed by atoms with Crippen molar-refractivity contribution in [2.75, 3.05) is 7.05 Å². The number of nitrogens with zero attached hydrogens (tertiary/aromatic N) is 1. The number of carbonyl (C=O) groups excluding carboxylic acids is 1. The predicted molar refractivity (Wildman–Crippen MR) is 71.9 cm³/mol. The predicted octanol–water partition coefficient (Wildman–Crippen LogP) is 2.15. The highest BCUT2D eigenvalue weighted by Crippen LogP contribution is 2.49. The van der Waals surface area contributed by atoms with Gasteiger partial charge in [-0.25, -0.2) is 0 Å². The summed E-state index contributed by atoms with van der Waals surface area (Å²) < 4.78 is 0. The second-order valence-corrected chi connectivity index (χ2v) is 6.80. The zero-order chi connectivity index (χ0) is 12.7. The summed E-state index contributed by atoms with van der Waals surface area (Å²) in [7, 11) is 2.02. The molecule has 3 rings (SSSR count). The van der Waals surface area contributed by atoms with Crippen LogP contribution in [0, 0.1) is 17.8 Å². The summed E-state index contributed by atoms with van der Waals surface area (Å²) in [6, 6.07) is 0.823. The number of rotatable bonds is 2. The smallest absolute Gasteiger partial charge is 0.225 e. The first kappa shape index (κ1) is 12.5. The second-order valence-electron chi connectivity index (χ2n) is 6.80. The molecule has 0 spiro atoms. The van der Waals surface area contributed by atoms with Crippen LogP contribution in [0.5, 0.6) is 0 Å². The Bertz CT molecular complexity index is 322. The molecule has 18 heavy (non-hydrogen) atoms. The Labute approximate surface area is 110 Å². The second kappa shape index (κ2) is 4.84. The minimum absolute atomic E-state index is 0.351. The largest absolute Gasteiger partial charge is 0.343 e. The molecular weight excluding hydrogens is 224 g/mol. The first-order valence-corrected chi connectivity index (χ1v) is 7.67. The number of fused-ring (bicyclic) bond motifs is 2. The lowest BCUT2D eigenvalue weighted by atomic mass is 9.86. The summed E-state index contributed by atoms with van der Waals surface area (Å²) in [5.41, 5.74) is 5.94. The van der Waals surface area contributed by atoms with Gasteiger partial charge in [0.25, 0.3) is 0 Å². The Kier molecular flexibility index (Phi) is 3.35. The molecule has 0 radical (unpaired) electrons. The van der Waals surface area contributed by atoms with Crippen molar-refractivity contribution in [2.24, 2.45) is 23.5 Å². The van der Waals surface area contributed by atoms with Gasteiger partial charge in [-0.2, -0.15) is 0 Å². The van der Waals surface area contributed by atoms with E-state index in [4.69, 9.17) is 5.73 Å². The molecule has 102 valence electrons. The van der Waals surface area contributed by atoms with Crippen LogP contribution in [0.25, 0.3) is 0 Å². The van der Waals surface area contributed by atoms with E-state index in [2.05, 4.69) is 4.90 Å². The molecule has 2 N–H and O–H groups in total. The lowest BCUT2D eigenvalue weighted by Crippen LogP contribution is -2.45. The fraction of sp³-hybridized carbons (Fsp3) is 0.933. The Morgan fingerprint density at radius 3 is 2.33 bits per heavy atom. The highest BCUT2D eigenvalue weighted by atomic mass is 16.2. The van der Waals surface area contributed by atoms with Crippen LogP contribution in [0.2, 0.25) is 0 Å². The molecule has 3 unspecified atom stereocenters. The summed E-state index contributed by atoms with van der Waals surface area (Å²) in [5.74, 6) is 2.35. The Morgan fingerprint density at radius 1 is 1.06 bits per heavy atom. The van der Waals surface area contributed by atoms with Gasteiger partial charge in [0.1, 0.15) is 0 Å². The molecule has 0 aromatic rings. The molecule has 3 aliphatic carbocycles. The van der Waals surface area contributed by atoms with Crippen molar-refractivity contribution >= 4 is 5.91 Å². The lowest BCUT2D eigenvalue weighted by molar-refractivity contribution is -0.138. The van der Waals surface area contributed by atoms with Gasteiger partial charge >= 0.3 is 0 Å². The van der Waals surface area contributed by atoms with Gasteiger partial charge in [-0.1, -0.05) is 6.42 Å². The summed E-state index contributed by atoms with van der Waals surface area (Å²) in [5, 5.41) is 0. The molecule has 0 aliphatic heterocycles. The van der Waals surface area contributed by atoms with Crippen LogP contribution in [0.3, 0.4) is 0 Å². The molecule has 1 amide bonds. The molecule has 3 fully saturated rings. The Hall–Kier alpha value is -0.570. The van der Waals surface area contributed by atoms with Crippen molar-refractivity contribution in [3.63, 3.8) is 0 Å². The van der Waals surface area contributed by atoms with E-state index in [9.17, 15) is 4.79 Å². The molecule has 3 saturated carbocycles. The van der Waals surface area contributed by atoms with E-state index in [1.165, 1.54) is 25.7 Å². The van der Waals surface area contributed by atoms with Gasteiger partial charge in [-0.05, 0) is 56.8 Å². The fourth-order valence-corrected chi connectivity index (χ4v) is 4.48. The molecule has 0 heterocycles. The molecule has 2 bridgehead atoms. The van der Waals surface area contributed by atoms with Crippen LogP contribution < -0.4 is 5.73 Å². The molecule has 0 aromatic heterocycles. The minimum atomic E-state index is 0.351. The minimum Gasteiger partial charge on any atom is -0.343 e. The highest BCUT2D eigenvalue weighted by Gasteiger charge is 2.44. The van der Waals surface area contributed by atoms with E-state index in [1.807, 2.05) is 7.05 Å². The highest BCUT2D eigenvalue weighted by molar-refractivity contribution is 5.79. The summed E-state index contributed by atoms with van der Waals surface area (Å²) >= 11 is 0. The zero-order valence-electron chi connectivity index (χ0n) is 11.5. The number of nitrogens with two attached hydrogens (primary N) is 1. The van der Waals surface area contributed by atoms with Crippen LogP contribution in [-0.4, -0.2) is 29.9 Å². The van der Waals surface area contributed by atoms with E-state index < -0.39 is 0 Å². The molecule has 3 aliphatic rings. The van der Waals surface area contributed by atoms with Crippen LogP contribution in [0.1, 0.15) is 51.4 Å². The number of carbonyl (C=O) groups is 1. The van der Waals surface area contributed by atoms with Gasteiger partial charge in [-0.15, -0.1) is 0 Å². The van der Waals surface area contributed by atoms with Crippen molar-refractivity contribution in [3.05, 3.63) is 0 Å². The summed E-state index contributed by atoms with van der Waals surface area (Å²) in [4.78, 5) is 14.7. The first-order chi connectivity index (χ1) is 8.65. The topological polar surface area (TPSA) is 46.3 Å². The maximum Gasteiger partial charge on any atom is 0.225 e. The normalized spacial score (nSPS) is 43.1. The Balaban J connectivity index is 1.59. The quantitative estimate of drug-likeness (QED) is 0.816. The average Bonchev–Trinajstić information content (AvgIpc) is 3.00. The lowest BCUT2D eigenvalue weighted by Gasteiger charge is -2.36. The van der Waals surface area contributed by atoms with Crippen LogP contribution in [0.4, 0.5) is 0 Å². The van der Waals surface area contributed by atoms with E-state index in [1.54, 1.807) is 0 Å². The number of hydrogen-bond donors (Lipinski definition) is 1. The maximum absolute atomic E-state index is 12.6. The van der Waals surface area contributed by atoms with Crippen molar-refractivity contribution in [2.45, 2.75) is 63.5 Å². The van der Waals surface area contributed by atoms with Gasteiger partial charge in [-0.3, -0.25) is 4.79 Å². The fourth-order valence-electron chi connectivity index (χ4n) is 4.48. The van der Waals surface area contributed by atoms with Crippen molar-refractivity contribution in [1.29, 1.82) is 0 Å². The van der Waals surface area contributed by atoms with E-state index in [0.29, 0.717) is 29.8 Å². The SMILES string of the molecule is CN(C(=O)C1CC2CCC1C2)C1CCC(N)CC1. The summed E-state index contributed by atoms with van der Waals surface area (Å²) in [6.45, 7) is 0. The van der Waals surface area contributed by atoms with E-state index in [-0.39, 0.29) is 0 Å². The number of amides is 1. The van der Waals surface area contributed by atoms with Crippen molar-refractivity contribution in [3.8, 4) is 0 Å². The van der Waals surface area contributed by atoms with Crippen LogP contribution in [0.15, 0.2) is 0 Å². The molecule has 3 nitrogen and oxygen atoms in total. The average molecular weight is 250 g/mol. The molecule has 0 saturated heterocycles. The monoisotopic (exact) mass is 250 g/mol. The third kappa shape index (κ3) is 2.18. The van der Waals surface area contributed by atoms with Gasteiger partial charge in [0.05, 0.1) is 0 Å². The third-order valence-corrected chi connectivity index (χ3v) is 5.69. The first-order valence-electron chi connectivity index (χ1n) is 7.67. The number of hydrogen-bond acceptors (Lipinski definition) is 2. The van der Waals surface area contributed by atoms with Crippen molar-refractivity contribution < 1.29 is 4.79 Å². The molecule has 0 aromatic carbocycles. The van der Waals surface area contributed by atoms with Gasteiger partial charge in [0.15, 0.2) is 0 Å². The third-order valence-electron chi connectivity index (χ3n) is 5.69.